The molecule has 0 aliphatic heterocycles. The van der Waals surface area contributed by atoms with Gasteiger partial charge >= 0.3 is 0 Å². The van der Waals surface area contributed by atoms with E-state index in [0.29, 0.717) is 27.3 Å². The number of benzene rings is 1. The van der Waals surface area contributed by atoms with Gasteiger partial charge in [0.2, 0.25) is 5.91 Å². The SMILES string of the molecule is CN(Cc1nc2ccsc2c(=O)[nH]1)C(=O)c1ccc(NC(=O)C2CC2)cc1. The number of carbonyl (C=O) groups is 2. The summed E-state index contributed by atoms with van der Waals surface area (Å²) < 4.78 is 0.580. The number of hydrogen-bond donors (Lipinski definition) is 2. The van der Waals surface area contributed by atoms with Crippen molar-refractivity contribution in [1.29, 1.82) is 0 Å². The topological polar surface area (TPSA) is 95.2 Å². The van der Waals surface area contributed by atoms with Crippen LogP contribution in [0.25, 0.3) is 10.2 Å². The van der Waals surface area contributed by atoms with Gasteiger partial charge in [0, 0.05) is 24.2 Å². The lowest BCUT2D eigenvalue weighted by Gasteiger charge is -2.17. The Morgan fingerprint density at radius 1 is 1.26 bits per heavy atom. The number of rotatable bonds is 5. The Morgan fingerprint density at radius 3 is 2.70 bits per heavy atom. The van der Waals surface area contributed by atoms with Crippen LogP contribution in [-0.2, 0) is 11.3 Å². The fraction of sp³-hybridized carbons (Fsp3) is 0.263. The van der Waals surface area contributed by atoms with E-state index in [-0.39, 0.29) is 29.8 Å². The van der Waals surface area contributed by atoms with Gasteiger partial charge in [-0.2, -0.15) is 0 Å². The van der Waals surface area contributed by atoms with Crippen LogP contribution in [0.3, 0.4) is 0 Å². The Kier molecular flexibility index (Phi) is 4.49. The van der Waals surface area contributed by atoms with Gasteiger partial charge in [0.15, 0.2) is 0 Å². The van der Waals surface area contributed by atoms with E-state index in [9.17, 15) is 14.4 Å². The Hall–Kier alpha value is -3.00. The van der Waals surface area contributed by atoms with Crippen LogP contribution in [0.5, 0.6) is 0 Å². The van der Waals surface area contributed by atoms with Crippen molar-refractivity contribution >= 4 is 39.1 Å². The standard InChI is InChI=1S/C19H18N4O3S/c1-23(10-15-21-14-8-9-27-16(14)18(25)22-15)19(26)12-4-6-13(7-5-12)20-17(24)11-2-3-11/h4-9,11H,2-3,10H2,1H3,(H,20,24)(H,21,22,25). The second-order valence-electron chi connectivity index (χ2n) is 6.65. The summed E-state index contributed by atoms with van der Waals surface area (Å²) in [6.07, 6.45) is 1.89. The van der Waals surface area contributed by atoms with Gasteiger partial charge < -0.3 is 15.2 Å². The van der Waals surface area contributed by atoms with Gasteiger partial charge in [-0.1, -0.05) is 0 Å². The van der Waals surface area contributed by atoms with E-state index >= 15 is 0 Å². The van der Waals surface area contributed by atoms with Crippen LogP contribution in [-0.4, -0.2) is 33.7 Å². The van der Waals surface area contributed by atoms with Gasteiger partial charge in [-0.25, -0.2) is 4.98 Å². The average molecular weight is 382 g/mol. The fourth-order valence-corrected chi connectivity index (χ4v) is 3.52. The first kappa shape index (κ1) is 17.4. The molecule has 3 aromatic rings. The minimum Gasteiger partial charge on any atom is -0.334 e. The summed E-state index contributed by atoms with van der Waals surface area (Å²) in [4.78, 5) is 45.1. The van der Waals surface area contributed by atoms with Crippen molar-refractivity contribution in [3.8, 4) is 0 Å². The van der Waals surface area contributed by atoms with Gasteiger partial charge in [0.05, 0.1) is 12.1 Å². The van der Waals surface area contributed by atoms with Crippen molar-refractivity contribution in [2.75, 3.05) is 12.4 Å². The third kappa shape index (κ3) is 3.75. The predicted molar refractivity (Wildman–Crippen MR) is 104 cm³/mol. The summed E-state index contributed by atoms with van der Waals surface area (Å²) in [6.45, 7) is 0.194. The molecule has 2 heterocycles. The van der Waals surface area contributed by atoms with Crippen LogP contribution in [0, 0.1) is 5.92 Å². The van der Waals surface area contributed by atoms with Crippen molar-refractivity contribution in [2.45, 2.75) is 19.4 Å². The molecular weight excluding hydrogens is 364 g/mol. The minimum absolute atomic E-state index is 0.0324. The number of carbonyl (C=O) groups excluding carboxylic acids is 2. The maximum Gasteiger partial charge on any atom is 0.268 e. The van der Waals surface area contributed by atoms with Crippen LogP contribution in [0.4, 0.5) is 5.69 Å². The normalized spacial score (nSPS) is 13.5. The first-order chi connectivity index (χ1) is 13.0. The second-order valence-corrected chi connectivity index (χ2v) is 7.57. The smallest absolute Gasteiger partial charge is 0.268 e. The van der Waals surface area contributed by atoms with E-state index in [1.54, 1.807) is 37.4 Å². The predicted octanol–water partition coefficient (Wildman–Crippen LogP) is 2.61. The van der Waals surface area contributed by atoms with Gasteiger partial charge in [-0.05, 0) is 48.6 Å². The molecule has 138 valence electrons. The van der Waals surface area contributed by atoms with E-state index in [1.807, 2.05) is 5.38 Å². The molecule has 0 unspecified atom stereocenters. The number of thiophene rings is 1. The largest absolute Gasteiger partial charge is 0.334 e. The third-order valence-corrected chi connectivity index (χ3v) is 5.35. The molecule has 2 N–H and O–H groups in total. The summed E-state index contributed by atoms with van der Waals surface area (Å²) in [7, 11) is 1.66. The van der Waals surface area contributed by atoms with Gasteiger partial charge in [0.1, 0.15) is 10.5 Å². The number of aromatic nitrogens is 2. The minimum atomic E-state index is -0.193. The van der Waals surface area contributed by atoms with Crippen molar-refractivity contribution in [3.05, 3.63) is 57.5 Å². The highest BCUT2D eigenvalue weighted by Crippen LogP contribution is 2.30. The maximum atomic E-state index is 12.6. The summed E-state index contributed by atoms with van der Waals surface area (Å²) in [5.74, 6) is 0.413. The molecule has 0 radical (unpaired) electrons. The molecule has 1 saturated carbocycles. The molecule has 1 aliphatic carbocycles. The fourth-order valence-electron chi connectivity index (χ4n) is 2.80. The molecule has 1 aromatic carbocycles. The lowest BCUT2D eigenvalue weighted by atomic mass is 10.2. The number of nitrogens with one attached hydrogen (secondary N) is 2. The summed E-state index contributed by atoms with van der Waals surface area (Å²) in [5, 5.41) is 4.66. The highest BCUT2D eigenvalue weighted by Gasteiger charge is 2.29. The Balaban J connectivity index is 1.44. The number of hydrogen-bond acceptors (Lipinski definition) is 5. The molecule has 27 heavy (non-hydrogen) atoms. The molecule has 1 aliphatic rings. The zero-order valence-electron chi connectivity index (χ0n) is 14.7. The maximum absolute atomic E-state index is 12.6. The zero-order valence-corrected chi connectivity index (χ0v) is 15.5. The van der Waals surface area contributed by atoms with Gasteiger partial charge in [0.25, 0.3) is 11.5 Å². The quantitative estimate of drug-likeness (QED) is 0.709. The van der Waals surface area contributed by atoms with Gasteiger partial charge in [-0.3, -0.25) is 14.4 Å². The van der Waals surface area contributed by atoms with Crippen molar-refractivity contribution < 1.29 is 9.59 Å². The third-order valence-electron chi connectivity index (χ3n) is 4.45. The molecule has 0 bridgehead atoms. The Bertz CT molecular complexity index is 1070. The lowest BCUT2D eigenvalue weighted by Crippen LogP contribution is -2.28. The van der Waals surface area contributed by atoms with E-state index < -0.39 is 0 Å². The van der Waals surface area contributed by atoms with E-state index in [2.05, 4.69) is 15.3 Å². The number of anilines is 1. The molecule has 8 heteroatoms. The average Bonchev–Trinajstić information content (AvgIpc) is 3.40. The van der Waals surface area contributed by atoms with Crippen LogP contribution in [0.15, 0.2) is 40.5 Å². The summed E-state index contributed by atoms with van der Waals surface area (Å²) in [5.41, 5.74) is 1.62. The first-order valence-corrected chi connectivity index (χ1v) is 9.52. The van der Waals surface area contributed by atoms with Crippen molar-refractivity contribution in [2.24, 2.45) is 5.92 Å². The summed E-state index contributed by atoms with van der Waals surface area (Å²) >= 11 is 1.34. The Morgan fingerprint density at radius 2 is 2.00 bits per heavy atom. The Labute approximate surface area is 159 Å². The van der Waals surface area contributed by atoms with Crippen molar-refractivity contribution in [1.82, 2.24) is 14.9 Å². The first-order valence-electron chi connectivity index (χ1n) is 8.64. The highest BCUT2D eigenvalue weighted by atomic mass is 32.1. The van der Waals surface area contributed by atoms with Crippen LogP contribution >= 0.6 is 11.3 Å². The van der Waals surface area contributed by atoms with E-state index in [0.717, 1.165) is 12.8 Å². The molecule has 2 aromatic heterocycles. The molecular formula is C19H18N4O3S. The molecule has 1 fully saturated rings. The summed E-state index contributed by atoms with van der Waals surface area (Å²) in [6, 6.07) is 8.59. The number of nitrogens with zero attached hydrogens (tertiary/aromatic N) is 2. The molecule has 0 atom stereocenters. The lowest BCUT2D eigenvalue weighted by molar-refractivity contribution is -0.117. The van der Waals surface area contributed by atoms with Crippen LogP contribution in [0.1, 0.15) is 29.0 Å². The molecule has 4 rings (SSSR count). The molecule has 0 saturated heterocycles. The van der Waals surface area contributed by atoms with Crippen LogP contribution < -0.4 is 10.9 Å². The van der Waals surface area contributed by atoms with Crippen LogP contribution in [0.2, 0.25) is 0 Å². The highest BCUT2D eigenvalue weighted by molar-refractivity contribution is 7.17. The molecule has 0 spiro atoms. The molecule has 7 nitrogen and oxygen atoms in total. The second kappa shape index (κ2) is 6.96. The van der Waals surface area contributed by atoms with Gasteiger partial charge in [-0.15, -0.1) is 11.3 Å². The monoisotopic (exact) mass is 382 g/mol. The van der Waals surface area contributed by atoms with Crippen molar-refractivity contribution in [3.63, 3.8) is 0 Å². The number of aromatic amines is 1. The zero-order chi connectivity index (χ0) is 19.0. The number of fused-ring (bicyclic) bond motifs is 1. The number of amides is 2. The number of H-pyrrole nitrogens is 1. The van der Waals surface area contributed by atoms with E-state index in [1.165, 1.54) is 16.2 Å². The van der Waals surface area contributed by atoms with E-state index in [4.69, 9.17) is 0 Å². The molecule has 2 amide bonds.